The highest BCUT2D eigenvalue weighted by Gasteiger charge is 2.23. The van der Waals surface area contributed by atoms with Gasteiger partial charge in [0.15, 0.2) is 11.5 Å². The summed E-state index contributed by atoms with van der Waals surface area (Å²) in [7, 11) is 1.08. The van der Waals surface area contributed by atoms with E-state index in [0.717, 1.165) is 13.2 Å². The Hall–Kier alpha value is -2.57. The number of carbonyl (C=O) groups excluding carboxylic acids is 1. The summed E-state index contributed by atoms with van der Waals surface area (Å²) in [5.74, 6) is 0.0434. The lowest BCUT2D eigenvalue weighted by atomic mass is 10.1. The van der Waals surface area contributed by atoms with Crippen molar-refractivity contribution in [3.05, 3.63) is 39.6 Å². The van der Waals surface area contributed by atoms with Gasteiger partial charge in [-0.2, -0.15) is 0 Å². The largest absolute Gasteiger partial charge is 0.461 e. The lowest BCUT2D eigenvalue weighted by Gasteiger charge is -1.99. The second-order valence-electron chi connectivity index (χ2n) is 3.39. The quantitative estimate of drug-likeness (QED) is 0.347. The van der Waals surface area contributed by atoms with Crippen LogP contribution in [0, 0.1) is 10.1 Å². The average Bonchev–Trinajstić information content (AvgIpc) is 2.82. The molecule has 1 heterocycles. The first-order chi connectivity index (χ1) is 8.61. The van der Waals surface area contributed by atoms with Crippen LogP contribution in [0.25, 0.3) is 6.08 Å². The maximum Gasteiger partial charge on any atom is 0.409 e. The van der Waals surface area contributed by atoms with Crippen molar-refractivity contribution in [3.8, 4) is 11.5 Å². The third kappa shape index (κ3) is 2.24. The summed E-state index contributed by atoms with van der Waals surface area (Å²) in [6.45, 7) is 0.113. The molecule has 2 rings (SSSR count). The van der Waals surface area contributed by atoms with Gasteiger partial charge >= 0.3 is 11.7 Å². The second-order valence-corrected chi connectivity index (χ2v) is 3.39. The summed E-state index contributed by atoms with van der Waals surface area (Å²) in [6, 6.07) is 4.75. The van der Waals surface area contributed by atoms with Crippen molar-refractivity contribution in [2.24, 2.45) is 0 Å². The summed E-state index contributed by atoms with van der Waals surface area (Å²) in [5, 5.41) is 10.7. The number of hydrogen-bond acceptors (Lipinski definition) is 6. The van der Waals surface area contributed by atoms with Crippen LogP contribution in [0.4, 0.5) is 0 Å². The molecule has 1 aliphatic rings. The number of benzene rings is 1. The van der Waals surface area contributed by atoms with Gasteiger partial charge in [-0.15, -0.1) is 0 Å². The van der Waals surface area contributed by atoms with Crippen molar-refractivity contribution in [1.82, 2.24) is 0 Å². The molecule has 0 atom stereocenters. The molecular weight excluding hydrogens is 242 g/mol. The van der Waals surface area contributed by atoms with Gasteiger partial charge in [-0.3, -0.25) is 10.1 Å². The Bertz CT molecular complexity index is 536. The summed E-state index contributed by atoms with van der Waals surface area (Å²) in [4.78, 5) is 21.1. The monoisotopic (exact) mass is 251 g/mol. The Balaban J connectivity index is 2.35. The fourth-order valence-corrected chi connectivity index (χ4v) is 1.45. The standard InChI is InChI=1S/C11H9NO6/c1-16-11(13)8(12(14)15)4-7-2-3-9-10(5-7)18-6-17-9/h2-5H,6H2,1H3/b8-4-. The molecule has 0 bridgehead atoms. The molecule has 0 amide bonds. The minimum absolute atomic E-state index is 0.113. The Morgan fingerprint density at radius 2 is 2.17 bits per heavy atom. The summed E-state index contributed by atoms with van der Waals surface area (Å²) in [6.07, 6.45) is 1.12. The van der Waals surface area contributed by atoms with Crippen LogP contribution in [0.2, 0.25) is 0 Å². The van der Waals surface area contributed by atoms with Gasteiger partial charge in [-0.05, 0) is 17.7 Å². The zero-order chi connectivity index (χ0) is 13.1. The summed E-state index contributed by atoms with van der Waals surface area (Å²) < 4.78 is 14.6. The Kier molecular flexibility index (Phi) is 3.13. The molecule has 1 aliphatic heterocycles. The Morgan fingerprint density at radius 1 is 1.44 bits per heavy atom. The first kappa shape index (κ1) is 11.9. The fraction of sp³-hybridized carbons (Fsp3) is 0.182. The maximum absolute atomic E-state index is 11.2. The molecule has 7 heteroatoms. The van der Waals surface area contributed by atoms with E-state index in [-0.39, 0.29) is 6.79 Å². The van der Waals surface area contributed by atoms with Crippen LogP contribution in [0.15, 0.2) is 23.9 Å². The molecule has 0 unspecified atom stereocenters. The van der Waals surface area contributed by atoms with E-state index in [9.17, 15) is 14.9 Å². The highest BCUT2D eigenvalue weighted by Crippen LogP contribution is 2.33. The smallest absolute Gasteiger partial charge is 0.409 e. The molecule has 18 heavy (non-hydrogen) atoms. The molecule has 0 aliphatic carbocycles. The molecule has 7 nitrogen and oxygen atoms in total. The highest BCUT2D eigenvalue weighted by atomic mass is 16.7. The van der Waals surface area contributed by atoms with Crippen LogP contribution < -0.4 is 9.47 Å². The third-order valence-electron chi connectivity index (χ3n) is 2.29. The van der Waals surface area contributed by atoms with Gasteiger partial charge in [0.2, 0.25) is 6.79 Å². The van der Waals surface area contributed by atoms with Crippen molar-refractivity contribution in [3.63, 3.8) is 0 Å². The summed E-state index contributed by atoms with van der Waals surface area (Å²) >= 11 is 0. The third-order valence-corrected chi connectivity index (χ3v) is 2.29. The molecule has 0 spiro atoms. The van der Waals surface area contributed by atoms with Crippen LogP contribution in [0.3, 0.4) is 0 Å². The minimum Gasteiger partial charge on any atom is -0.461 e. The van der Waals surface area contributed by atoms with Crippen molar-refractivity contribution in [2.45, 2.75) is 0 Å². The predicted molar refractivity (Wildman–Crippen MR) is 59.6 cm³/mol. The van der Waals surface area contributed by atoms with Gasteiger partial charge in [-0.1, -0.05) is 6.07 Å². The number of hydrogen-bond donors (Lipinski definition) is 0. The zero-order valence-corrected chi connectivity index (χ0v) is 9.41. The van der Waals surface area contributed by atoms with E-state index in [2.05, 4.69) is 4.74 Å². The fourth-order valence-electron chi connectivity index (χ4n) is 1.45. The van der Waals surface area contributed by atoms with E-state index in [0.29, 0.717) is 17.1 Å². The van der Waals surface area contributed by atoms with Crippen LogP contribution in [-0.4, -0.2) is 24.8 Å². The Morgan fingerprint density at radius 3 is 2.83 bits per heavy atom. The number of esters is 1. The molecule has 0 N–H and O–H groups in total. The molecule has 0 fully saturated rings. The van der Waals surface area contributed by atoms with Crippen LogP contribution in [0.1, 0.15) is 5.56 Å². The van der Waals surface area contributed by atoms with E-state index >= 15 is 0 Å². The first-order valence-electron chi connectivity index (χ1n) is 4.96. The van der Waals surface area contributed by atoms with Crippen LogP contribution in [0.5, 0.6) is 11.5 Å². The van der Waals surface area contributed by atoms with E-state index in [4.69, 9.17) is 9.47 Å². The molecule has 0 aromatic heterocycles. The van der Waals surface area contributed by atoms with E-state index in [1.807, 2.05) is 0 Å². The Labute approximate surface area is 102 Å². The normalized spacial score (nSPS) is 13.3. The molecule has 0 radical (unpaired) electrons. The average molecular weight is 251 g/mol. The van der Waals surface area contributed by atoms with Crippen molar-refractivity contribution >= 4 is 12.0 Å². The van der Waals surface area contributed by atoms with Gasteiger partial charge in [0, 0.05) is 6.08 Å². The highest BCUT2D eigenvalue weighted by molar-refractivity contribution is 5.91. The van der Waals surface area contributed by atoms with Gasteiger partial charge in [0.1, 0.15) is 0 Å². The lowest BCUT2D eigenvalue weighted by Crippen LogP contribution is -2.12. The zero-order valence-electron chi connectivity index (χ0n) is 9.41. The number of fused-ring (bicyclic) bond motifs is 1. The number of nitro groups is 1. The van der Waals surface area contributed by atoms with Crippen molar-refractivity contribution < 1.29 is 23.9 Å². The first-order valence-corrected chi connectivity index (χ1v) is 4.96. The molecule has 1 aromatic rings. The molecule has 0 saturated carbocycles. The topological polar surface area (TPSA) is 87.9 Å². The lowest BCUT2D eigenvalue weighted by molar-refractivity contribution is -0.419. The number of ether oxygens (including phenoxy) is 3. The molecule has 0 saturated heterocycles. The minimum atomic E-state index is -1.00. The van der Waals surface area contributed by atoms with Crippen molar-refractivity contribution in [2.75, 3.05) is 13.9 Å². The van der Waals surface area contributed by atoms with Crippen molar-refractivity contribution in [1.29, 1.82) is 0 Å². The predicted octanol–water partition coefficient (Wildman–Crippen LogP) is 1.21. The molecular formula is C11H9NO6. The molecule has 94 valence electrons. The van der Waals surface area contributed by atoms with Gasteiger partial charge in [-0.25, -0.2) is 4.79 Å². The number of carbonyl (C=O) groups is 1. The number of nitrogens with zero attached hydrogens (tertiary/aromatic N) is 1. The second kappa shape index (κ2) is 4.74. The number of rotatable bonds is 3. The van der Waals surface area contributed by atoms with E-state index < -0.39 is 16.6 Å². The SMILES string of the molecule is COC(=O)/C(=C/c1ccc2c(c1)OCO2)[N+](=O)[O-]. The summed E-state index contributed by atoms with van der Waals surface area (Å²) in [5.41, 5.74) is -0.187. The van der Waals surface area contributed by atoms with E-state index in [1.165, 1.54) is 0 Å². The molecule has 1 aromatic carbocycles. The van der Waals surface area contributed by atoms with Gasteiger partial charge < -0.3 is 14.2 Å². The van der Waals surface area contributed by atoms with E-state index in [1.54, 1.807) is 18.2 Å². The number of methoxy groups -OCH3 is 1. The van der Waals surface area contributed by atoms with Crippen LogP contribution in [-0.2, 0) is 9.53 Å². The maximum atomic E-state index is 11.2. The van der Waals surface area contributed by atoms with Crippen LogP contribution >= 0.6 is 0 Å². The van der Waals surface area contributed by atoms with Gasteiger partial charge in [0.05, 0.1) is 12.0 Å². The van der Waals surface area contributed by atoms with Gasteiger partial charge in [0.25, 0.3) is 0 Å².